The standard InChI is InChI=1S/C13H8BN/c14-13-7-5-12(6-8-13)11-3-1-10(9-15)2-4-11/h1-8H. The second-order valence-electron chi connectivity index (χ2n) is 3.31. The monoisotopic (exact) mass is 189 g/mol. The van der Waals surface area contributed by atoms with Gasteiger partial charge in [-0.2, -0.15) is 5.26 Å². The molecule has 0 amide bonds. The summed E-state index contributed by atoms with van der Waals surface area (Å²) in [5.74, 6) is 0. The average Bonchev–Trinajstić information content (AvgIpc) is 2.30. The van der Waals surface area contributed by atoms with Gasteiger partial charge in [0.05, 0.1) is 11.6 Å². The van der Waals surface area contributed by atoms with Gasteiger partial charge in [0.1, 0.15) is 7.85 Å². The van der Waals surface area contributed by atoms with E-state index in [0.717, 1.165) is 16.6 Å². The first-order valence-electron chi connectivity index (χ1n) is 4.66. The lowest BCUT2D eigenvalue weighted by molar-refractivity contribution is 1.48. The fraction of sp³-hybridized carbons (Fsp3) is 0. The molecule has 2 aromatic carbocycles. The van der Waals surface area contributed by atoms with E-state index < -0.39 is 0 Å². The van der Waals surface area contributed by atoms with Crippen molar-refractivity contribution in [3.63, 3.8) is 0 Å². The molecule has 0 aliphatic carbocycles. The van der Waals surface area contributed by atoms with Crippen molar-refractivity contribution >= 4 is 13.3 Å². The van der Waals surface area contributed by atoms with Gasteiger partial charge in [-0.15, -0.1) is 0 Å². The molecular formula is C13H8BN. The van der Waals surface area contributed by atoms with Gasteiger partial charge in [-0.25, -0.2) is 0 Å². The van der Waals surface area contributed by atoms with Crippen LogP contribution in [-0.4, -0.2) is 7.85 Å². The molecule has 0 saturated heterocycles. The zero-order chi connectivity index (χ0) is 10.7. The SMILES string of the molecule is [B]c1ccc(-c2ccc(C#N)cc2)cc1. The predicted octanol–water partition coefficient (Wildman–Crippen LogP) is 2.02. The van der Waals surface area contributed by atoms with E-state index in [1.807, 2.05) is 48.5 Å². The van der Waals surface area contributed by atoms with Crippen molar-refractivity contribution in [2.24, 2.45) is 0 Å². The second-order valence-corrected chi connectivity index (χ2v) is 3.31. The summed E-state index contributed by atoms with van der Waals surface area (Å²) < 4.78 is 0. The zero-order valence-corrected chi connectivity index (χ0v) is 8.14. The molecule has 1 nitrogen and oxygen atoms in total. The number of hydrogen-bond donors (Lipinski definition) is 0. The van der Waals surface area contributed by atoms with Crippen LogP contribution in [0.2, 0.25) is 0 Å². The van der Waals surface area contributed by atoms with Crippen LogP contribution in [0.15, 0.2) is 48.5 Å². The van der Waals surface area contributed by atoms with Crippen LogP contribution in [0.3, 0.4) is 0 Å². The van der Waals surface area contributed by atoms with E-state index in [2.05, 4.69) is 6.07 Å². The van der Waals surface area contributed by atoms with Crippen molar-refractivity contribution in [3.8, 4) is 17.2 Å². The molecule has 0 bridgehead atoms. The summed E-state index contributed by atoms with van der Waals surface area (Å²) in [6.07, 6.45) is 0. The van der Waals surface area contributed by atoms with Gasteiger partial charge < -0.3 is 0 Å². The predicted molar refractivity (Wildman–Crippen MR) is 62.0 cm³/mol. The summed E-state index contributed by atoms with van der Waals surface area (Å²) in [6.45, 7) is 0. The van der Waals surface area contributed by atoms with Gasteiger partial charge >= 0.3 is 0 Å². The van der Waals surface area contributed by atoms with E-state index in [1.165, 1.54) is 0 Å². The second kappa shape index (κ2) is 4.02. The Hall–Kier alpha value is -2.01. The molecule has 0 heterocycles. The van der Waals surface area contributed by atoms with Crippen LogP contribution in [0.1, 0.15) is 5.56 Å². The van der Waals surface area contributed by atoms with Crippen LogP contribution >= 0.6 is 0 Å². The number of benzene rings is 2. The van der Waals surface area contributed by atoms with Crippen molar-refractivity contribution in [2.75, 3.05) is 0 Å². The third-order valence-corrected chi connectivity index (χ3v) is 2.26. The summed E-state index contributed by atoms with van der Waals surface area (Å²) >= 11 is 0. The molecule has 0 aliphatic rings. The largest absolute Gasteiger partial charge is 0.192 e. The number of nitriles is 1. The molecule has 0 saturated carbocycles. The molecule has 0 unspecified atom stereocenters. The highest BCUT2D eigenvalue weighted by atomic mass is 14.2. The first kappa shape index (κ1) is 9.55. The van der Waals surface area contributed by atoms with Gasteiger partial charge in [0.2, 0.25) is 0 Å². The third kappa shape index (κ3) is 2.08. The first-order valence-corrected chi connectivity index (χ1v) is 4.66. The summed E-state index contributed by atoms with van der Waals surface area (Å²) in [5, 5.41) is 8.67. The van der Waals surface area contributed by atoms with Crippen LogP contribution in [0.25, 0.3) is 11.1 Å². The van der Waals surface area contributed by atoms with Crippen LogP contribution in [-0.2, 0) is 0 Å². The summed E-state index contributed by atoms with van der Waals surface area (Å²) in [4.78, 5) is 0. The van der Waals surface area contributed by atoms with Gasteiger partial charge in [0.25, 0.3) is 0 Å². The average molecular weight is 189 g/mol. The van der Waals surface area contributed by atoms with E-state index in [-0.39, 0.29) is 0 Å². The Morgan fingerprint density at radius 3 is 1.73 bits per heavy atom. The number of nitrogens with zero attached hydrogens (tertiary/aromatic N) is 1. The normalized spacial score (nSPS) is 9.53. The van der Waals surface area contributed by atoms with Crippen molar-refractivity contribution < 1.29 is 0 Å². The van der Waals surface area contributed by atoms with Crippen molar-refractivity contribution in [2.45, 2.75) is 0 Å². The van der Waals surface area contributed by atoms with E-state index in [4.69, 9.17) is 13.1 Å². The quantitative estimate of drug-likeness (QED) is 0.629. The molecule has 0 aromatic heterocycles. The molecule has 0 aliphatic heterocycles. The third-order valence-electron chi connectivity index (χ3n) is 2.26. The maximum absolute atomic E-state index is 8.67. The highest BCUT2D eigenvalue weighted by Crippen LogP contribution is 2.18. The van der Waals surface area contributed by atoms with Gasteiger partial charge in [-0.3, -0.25) is 0 Å². The van der Waals surface area contributed by atoms with Gasteiger partial charge in [-0.05, 0) is 23.3 Å². The van der Waals surface area contributed by atoms with Crippen molar-refractivity contribution in [1.29, 1.82) is 5.26 Å². The van der Waals surface area contributed by atoms with E-state index in [0.29, 0.717) is 5.56 Å². The maximum Gasteiger partial charge on any atom is 0.113 e. The Bertz CT molecular complexity index is 492. The van der Waals surface area contributed by atoms with Crippen molar-refractivity contribution in [1.82, 2.24) is 0 Å². The lowest BCUT2D eigenvalue weighted by Crippen LogP contribution is -1.99. The minimum atomic E-state index is 0.675. The lowest BCUT2D eigenvalue weighted by atomic mass is 9.93. The van der Waals surface area contributed by atoms with Gasteiger partial charge in [-0.1, -0.05) is 41.9 Å². The minimum absolute atomic E-state index is 0.675. The smallest absolute Gasteiger partial charge is 0.113 e. The molecule has 68 valence electrons. The summed E-state index contributed by atoms with van der Waals surface area (Å²) in [6, 6.07) is 17.3. The molecule has 2 radical (unpaired) electrons. The lowest BCUT2D eigenvalue weighted by Gasteiger charge is -2.01. The maximum atomic E-state index is 8.67. The van der Waals surface area contributed by atoms with Crippen LogP contribution in [0.4, 0.5) is 0 Å². The molecule has 0 fully saturated rings. The van der Waals surface area contributed by atoms with Gasteiger partial charge in [0.15, 0.2) is 0 Å². The topological polar surface area (TPSA) is 23.8 Å². The molecule has 0 N–H and O–H groups in total. The molecule has 15 heavy (non-hydrogen) atoms. The number of rotatable bonds is 1. The Labute approximate surface area is 90.4 Å². The number of hydrogen-bond acceptors (Lipinski definition) is 1. The molecule has 2 heteroatoms. The van der Waals surface area contributed by atoms with Crippen molar-refractivity contribution in [3.05, 3.63) is 54.1 Å². The highest BCUT2D eigenvalue weighted by Gasteiger charge is 1.96. The zero-order valence-electron chi connectivity index (χ0n) is 8.14. The van der Waals surface area contributed by atoms with E-state index in [9.17, 15) is 0 Å². The fourth-order valence-electron chi connectivity index (χ4n) is 1.41. The summed E-state index contributed by atoms with van der Waals surface area (Å²) in [7, 11) is 5.61. The molecular weight excluding hydrogens is 181 g/mol. The Morgan fingerprint density at radius 2 is 1.27 bits per heavy atom. The Morgan fingerprint density at radius 1 is 0.800 bits per heavy atom. The Balaban J connectivity index is 2.38. The van der Waals surface area contributed by atoms with E-state index >= 15 is 0 Å². The van der Waals surface area contributed by atoms with Crippen LogP contribution in [0, 0.1) is 11.3 Å². The Kier molecular flexibility index (Phi) is 2.56. The van der Waals surface area contributed by atoms with E-state index in [1.54, 1.807) is 0 Å². The molecule has 2 aromatic rings. The highest BCUT2D eigenvalue weighted by molar-refractivity contribution is 6.32. The van der Waals surface area contributed by atoms with Crippen LogP contribution < -0.4 is 5.46 Å². The minimum Gasteiger partial charge on any atom is -0.192 e. The van der Waals surface area contributed by atoms with Gasteiger partial charge in [0, 0.05) is 0 Å². The van der Waals surface area contributed by atoms with Crippen LogP contribution in [0.5, 0.6) is 0 Å². The molecule has 2 rings (SSSR count). The molecule has 0 spiro atoms. The fourth-order valence-corrected chi connectivity index (χ4v) is 1.41. The summed E-state index contributed by atoms with van der Waals surface area (Å²) in [5.41, 5.74) is 3.63. The first-order chi connectivity index (χ1) is 7.29. The molecule has 0 atom stereocenters.